The molecule has 0 aliphatic heterocycles. The Balaban J connectivity index is 0.000000215. The Bertz CT molecular complexity index is 4500. The summed E-state index contributed by atoms with van der Waals surface area (Å²) < 4.78 is 3.51. The summed E-state index contributed by atoms with van der Waals surface area (Å²) in [7, 11) is 0. The highest BCUT2D eigenvalue weighted by Crippen LogP contribution is 2.34. The highest BCUT2D eigenvalue weighted by atomic mass is 35.5. The number of anilines is 2. The molecule has 0 saturated heterocycles. The van der Waals surface area contributed by atoms with Gasteiger partial charge in [0.25, 0.3) is 17.1 Å². The summed E-state index contributed by atoms with van der Waals surface area (Å²) in [5.74, 6) is 0.434. The minimum Gasteiger partial charge on any atom is -0.481 e. The molecule has 2 atom stereocenters. The lowest BCUT2D eigenvalue weighted by Gasteiger charge is -2.22. The third kappa shape index (κ3) is 15.2. The number of thiazole rings is 2. The normalized spacial score (nSPS) is 11.2. The Morgan fingerprint density at radius 2 is 1.03 bits per heavy atom. The number of nitrogens with zero attached hydrogens (tertiary/aromatic N) is 9. The van der Waals surface area contributed by atoms with Crippen LogP contribution in [-0.4, -0.2) is 59.1 Å². The van der Waals surface area contributed by atoms with Gasteiger partial charge in [0.2, 0.25) is 0 Å². The highest BCUT2D eigenvalue weighted by molar-refractivity contribution is 7.86. The molecular formula is C64H58Cl2N12O4S4. The summed E-state index contributed by atoms with van der Waals surface area (Å²) in [5, 5.41) is 19.8. The van der Waals surface area contributed by atoms with E-state index in [2.05, 4.69) is 75.0 Å². The van der Waals surface area contributed by atoms with E-state index in [0.29, 0.717) is 41.0 Å². The molecule has 0 aliphatic rings. The van der Waals surface area contributed by atoms with Gasteiger partial charge >= 0.3 is 0 Å². The molecule has 12 aromatic rings. The molecule has 16 nitrogen and oxygen atoms in total. The smallest absolute Gasteiger partial charge is 0.300 e. The average molecular weight is 1260 g/mol. The van der Waals surface area contributed by atoms with Crippen LogP contribution in [0.2, 0.25) is 0 Å². The second-order valence-electron chi connectivity index (χ2n) is 18.6. The van der Waals surface area contributed by atoms with Gasteiger partial charge in [-0.25, -0.2) is 34.9 Å². The number of isothiocyanates is 1. The molecule has 6 aromatic carbocycles. The Labute approximate surface area is 524 Å². The van der Waals surface area contributed by atoms with Crippen LogP contribution in [0.4, 0.5) is 11.6 Å². The Morgan fingerprint density at radius 1 is 0.628 bits per heavy atom. The molecule has 0 fully saturated rings. The number of hydrogen-bond donors (Lipinski definition) is 4. The van der Waals surface area contributed by atoms with Crippen LogP contribution in [0.25, 0.3) is 75.9 Å². The fourth-order valence-electron chi connectivity index (χ4n) is 9.55. The number of nitrogens with one attached hydrogen (secondary N) is 2. The fourth-order valence-corrected chi connectivity index (χ4v) is 10.9. The van der Waals surface area contributed by atoms with Gasteiger partial charge in [0.15, 0.2) is 15.4 Å². The van der Waals surface area contributed by atoms with Crippen molar-refractivity contribution in [3.8, 4) is 33.6 Å². The molecular weight excluding hydrogens is 1200 g/mol. The molecule has 0 bridgehead atoms. The van der Waals surface area contributed by atoms with Crippen molar-refractivity contribution < 1.29 is 9.90 Å². The minimum absolute atomic E-state index is 0. The van der Waals surface area contributed by atoms with Crippen molar-refractivity contribution in [1.82, 2.24) is 39.0 Å². The number of aromatic nitrogens is 8. The van der Waals surface area contributed by atoms with Crippen molar-refractivity contribution in [2.45, 2.75) is 60.8 Å². The number of aliphatic carboxylic acids is 1. The van der Waals surface area contributed by atoms with E-state index < -0.39 is 5.97 Å². The van der Waals surface area contributed by atoms with Gasteiger partial charge in [0.1, 0.15) is 33.3 Å². The number of aliphatic imine (C=N–C) groups is 1. The van der Waals surface area contributed by atoms with Crippen molar-refractivity contribution in [1.29, 1.82) is 0 Å². The van der Waals surface area contributed by atoms with Gasteiger partial charge in [-0.05, 0) is 119 Å². The van der Waals surface area contributed by atoms with Gasteiger partial charge in [-0.2, -0.15) is 0 Å². The minimum atomic E-state index is -0.833. The summed E-state index contributed by atoms with van der Waals surface area (Å²) in [6, 6.07) is 51.0. The van der Waals surface area contributed by atoms with Gasteiger partial charge in [-0.3, -0.25) is 23.5 Å². The van der Waals surface area contributed by atoms with Crippen molar-refractivity contribution >= 4 is 139 Å². The summed E-state index contributed by atoms with van der Waals surface area (Å²) in [4.78, 5) is 69.7. The van der Waals surface area contributed by atoms with Gasteiger partial charge in [-0.15, -0.1) is 22.7 Å². The first-order valence-corrected chi connectivity index (χ1v) is 29.1. The monoisotopic (exact) mass is 1260 g/mol. The Hall–Kier alpha value is -8.82. The van der Waals surface area contributed by atoms with E-state index in [4.69, 9.17) is 51.1 Å². The quantitative estimate of drug-likeness (QED) is 0.0479. The van der Waals surface area contributed by atoms with Gasteiger partial charge in [0.05, 0.1) is 45.6 Å². The van der Waals surface area contributed by atoms with Crippen LogP contribution in [0.1, 0.15) is 70.2 Å². The summed E-state index contributed by atoms with van der Waals surface area (Å²) >= 11 is 21.3. The largest absolute Gasteiger partial charge is 0.481 e. The molecule has 5 N–H and O–H groups in total. The number of pyridine rings is 2. The van der Waals surface area contributed by atoms with Crippen LogP contribution in [0.15, 0.2) is 196 Å². The first kappa shape index (κ1) is 64.7. The number of fused-ring (bicyclic) bond motifs is 4. The standard InChI is InChI=1S/C30H22N6OS2.C29H24N6OS.C2H4O2.CCl2S.2CH4/c1-19(35-28-27-29(33-16-32-28)39-18-34-27)25-14-22-9-6-12-24(21-8-5-7-20(13-21)15-31-17-38)26(22)30(37)36(25)23-10-3-2-4-11-23;1-18(34-27-26-28(32-16-31-27)37-17-33-26)24-14-21-9-6-12-23(20-8-5-7-19(13-20)15-30)25(21)29(36)35(24)22-10-3-2-4-11-22;1-2(3)4;2-1(3)4;;/h2-14,16,18-19H,15H2,1H3,(H,32,33,35);2-14,16-18H,15,30H2,1H3,(H,31,32,34);1H3,(H,3,4);;2*1H4/t19-;18-;;;;/m00..../s1. The van der Waals surface area contributed by atoms with Crippen molar-refractivity contribution in [2.75, 3.05) is 10.6 Å². The lowest BCUT2D eigenvalue weighted by molar-refractivity contribution is -0.134. The van der Waals surface area contributed by atoms with Gasteiger partial charge in [0, 0.05) is 36.2 Å². The molecule has 0 radical (unpaired) electrons. The lowest BCUT2D eigenvalue weighted by atomic mass is 9.96. The van der Waals surface area contributed by atoms with E-state index in [0.717, 1.165) is 89.0 Å². The molecule has 0 amide bonds. The highest BCUT2D eigenvalue weighted by Gasteiger charge is 2.23. The number of hydrogen-bond acceptors (Lipinski definition) is 17. The van der Waals surface area contributed by atoms with Gasteiger partial charge in [-0.1, -0.05) is 159 Å². The molecule has 0 unspecified atom stereocenters. The van der Waals surface area contributed by atoms with E-state index >= 15 is 0 Å². The maximum absolute atomic E-state index is 14.4. The maximum Gasteiger partial charge on any atom is 0.300 e. The van der Waals surface area contributed by atoms with Crippen LogP contribution in [0, 0.1) is 0 Å². The van der Waals surface area contributed by atoms with E-state index in [-0.39, 0.29) is 41.8 Å². The van der Waals surface area contributed by atoms with Crippen LogP contribution < -0.4 is 27.5 Å². The van der Waals surface area contributed by atoms with E-state index in [9.17, 15) is 9.59 Å². The molecule has 22 heteroatoms. The zero-order chi connectivity index (χ0) is 59.3. The van der Waals surface area contributed by atoms with Crippen LogP contribution >= 0.6 is 70.3 Å². The summed E-state index contributed by atoms with van der Waals surface area (Å²) in [6.45, 7) is 6.01. The molecule has 0 spiro atoms. The van der Waals surface area contributed by atoms with Crippen LogP contribution in [-0.2, 0) is 17.9 Å². The number of carboxylic acids is 1. The zero-order valence-corrected chi connectivity index (χ0v) is 49.8. The zero-order valence-electron chi connectivity index (χ0n) is 45.1. The predicted octanol–water partition coefficient (Wildman–Crippen LogP) is 15.6. The first-order chi connectivity index (χ1) is 40.7. The third-order valence-corrected chi connectivity index (χ3v) is 14.7. The Morgan fingerprint density at radius 3 is 1.45 bits per heavy atom. The number of thiocarbonyl (C=S) groups is 2. The fraction of sp³-hybridized carbons (Fsp3) is 0.141. The molecule has 86 heavy (non-hydrogen) atoms. The second-order valence-corrected chi connectivity index (χ2v) is 22.2. The molecule has 12 rings (SSSR count). The van der Waals surface area contributed by atoms with E-state index in [1.54, 1.807) is 20.2 Å². The summed E-state index contributed by atoms with van der Waals surface area (Å²) in [6.07, 6.45) is 3.06. The van der Waals surface area contributed by atoms with Crippen molar-refractivity contribution in [3.63, 3.8) is 0 Å². The summed E-state index contributed by atoms with van der Waals surface area (Å²) in [5.41, 5.74) is 19.5. The van der Waals surface area contributed by atoms with Crippen LogP contribution in [0.5, 0.6) is 0 Å². The third-order valence-electron chi connectivity index (χ3n) is 13.1. The molecule has 6 heterocycles. The number of nitrogens with two attached hydrogens (primary N) is 1. The number of benzene rings is 6. The van der Waals surface area contributed by atoms with Crippen molar-refractivity contribution in [3.05, 3.63) is 225 Å². The number of rotatable bonds is 13. The molecule has 6 aromatic heterocycles. The van der Waals surface area contributed by atoms with Gasteiger partial charge < -0.3 is 21.5 Å². The SMILES string of the molecule is C.C.CC(=O)O.C[C@H](Nc1ncnc2scnc12)c1cc2cccc(-c3cccc(CN)c3)c2c(=O)n1-c1ccccc1.C[C@H](Nc1ncnc2scnc12)c1cc2cccc(-c3cccc(CN=C=S)c3)c2c(=O)n1-c1ccccc1.S=C(Cl)Cl. The average Bonchev–Trinajstić information content (AvgIpc) is 1.04. The topological polar surface area (TPSA) is 221 Å². The van der Waals surface area contributed by atoms with Crippen molar-refractivity contribution in [2.24, 2.45) is 10.7 Å². The van der Waals surface area contributed by atoms with Crippen LogP contribution in [0.3, 0.4) is 0 Å². The van der Waals surface area contributed by atoms with E-state index in [1.807, 2.05) is 159 Å². The first-order valence-electron chi connectivity index (χ1n) is 25.8. The number of carbonyl (C=O) groups is 1. The predicted molar refractivity (Wildman–Crippen MR) is 362 cm³/mol. The maximum atomic E-state index is 14.4. The van der Waals surface area contributed by atoms with E-state index in [1.165, 1.54) is 35.3 Å². The molecule has 436 valence electrons. The number of carboxylic acid groups (broad SMARTS) is 1. The number of halogens is 2. The second kappa shape index (κ2) is 30.3. The Kier molecular flexibility index (Phi) is 22.8. The molecule has 0 aliphatic carbocycles. The lowest BCUT2D eigenvalue weighted by Crippen LogP contribution is -2.26. The number of para-hydroxylation sites is 2. The molecule has 0 saturated carbocycles.